The summed E-state index contributed by atoms with van der Waals surface area (Å²) in [5.41, 5.74) is 0.166. The number of carbonyl (C=O) groups is 2. The summed E-state index contributed by atoms with van der Waals surface area (Å²) in [5, 5.41) is 16.6. The molecule has 12 heteroatoms. The van der Waals surface area contributed by atoms with Gasteiger partial charge in [0.05, 0.1) is 18.3 Å². The lowest BCUT2D eigenvalue weighted by atomic mass is 9.90. The molecule has 1 aromatic heterocycles. The maximum atomic E-state index is 14.0. The molecule has 1 heterocycles. The number of methoxy groups -OCH3 is 1. The van der Waals surface area contributed by atoms with Crippen LogP contribution in [-0.4, -0.2) is 60.3 Å². The van der Waals surface area contributed by atoms with E-state index in [2.05, 4.69) is 25.9 Å². The number of amides is 2. The van der Waals surface area contributed by atoms with Gasteiger partial charge in [0.25, 0.3) is 11.8 Å². The Kier molecular flexibility index (Phi) is 11.8. The molecule has 1 aliphatic carbocycles. The standard InChI is InChI=1S/C23H31FN6O3.2ClH/c1-23(2,13-33-3)12-26-22(32)21-28-16-9-8-14(24)10-15(16)20(30-21)29-18-7-5-4-6-17(18)27-19(31)11-25;;/h8-11,17-18,25H,4-7,12-13H2,1-3H3,(H,26,32)(H,27,31)(H,28,29,30);2*1H/t17-,18+;;/m1../s1. The van der Waals surface area contributed by atoms with Crippen molar-refractivity contribution in [2.24, 2.45) is 5.41 Å². The molecule has 0 saturated heterocycles. The van der Waals surface area contributed by atoms with Crippen LogP contribution in [0.4, 0.5) is 10.2 Å². The molecule has 0 bridgehead atoms. The first-order valence-corrected chi connectivity index (χ1v) is 11.0. The highest BCUT2D eigenvalue weighted by atomic mass is 35.5. The summed E-state index contributed by atoms with van der Waals surface area (Å²) < 4.78 is 19.2. The summed E-state index contributed by atoms with van der Waals surface area (Å²) in [6.45, 7) is 4.79. The first-order valence-electron chi connectivity index (χ1n) is 11.0. The second-order valence-electron chi connectivity index (χ2n) is 9.13. The number of aromatic nitrogens is 2. The molecule has 1 aliphatic rings. The van der Waals surface area contributed by atoms with Gasteiger partial charge in [-0.2, -0.15) is 0 Å². The van der Waals surface area contributed by atoms with Crippen LogP contribution in [0.5, 0.6) is 0 Å². The van der Waals surface area contributed by atoms with Crippen molar-refractivity contribution >= 4 is 59.6 Å². The molecule has 2 aromatic rings. The van der Waals surface area contributed by atoms with Crippen LogP contribution < -0.4 is 16.0 Å². The molecule has 0 unspecified atom stereocenters. The van der Waals surface area contributed by atoms with E-state index in [-0.39, 0.29) is 48.1 Å². The molecule has 0 aliphatic heterocycles. The number of rotatable bonds is 9. The zero-order valence-corrected chi connectivity index (χ0v) is 21.7. The Hall–Kier alpha value is -2.56. The quantitative estimate of drug-likeness (QED) is 0.367. The first kappa shape index (κ1) is 30.5. The number of nitrogens with zero attached hydrogens (tertiary/aromatic N) is 2. The number of nitrogens with one attached hydrogen (secondary N) is 4. The number of halogens is 3. The Balaban J connectivity index is 0.00000306. The first-order chi connectivity index (χ1) is 15.7. The minimum Gasteiger partial charge on any atom is -0.384 e. The van der Waals surface area contributed by atoms with Crippen molar-refractivity contribution in [3.8, 4) is 0 Å². The van der Waals surface area contributed by atoms with Crippen LogP contribution in [0.3, 0.4) is 0 Å². The van der Waals surface area contributed by atoms with Crippen LogP contribution in [0.15, 0.2) is 18.2 Å². The van der Waals surface area contributed by atoms with Gasteiger partial charge in [-0.1, -0.05) is 26.7 Å². The summed E-state index contributed by atoms with van der Waals surface area (Å²) in [5.74, 6) is -1.04. The van der Waals surface area contributed by atoms with E-state index >= 15 is 0 Å². The number of fused-ring (bicyclic) bond motifs is 1. The second kappa shape index (κ2) is 13.5. The minimum atomic E-state index is -0.467. The maximum absolute atomic E-state index is 14.0. The fourth-order valence-corrected chi connectivity index (χ4v) is 4.03. The summed E-state index contributed by atoms with van der Waals surface area (Å²) >= 11 is 0. The Morgan fingerprint density at radius 2 is 1.89 bits per heavy atom. The Morgan fingerprint density at radius 3 is 2.54 bits per heavy atom. The van der Waals surface area contributed by atoms with Crippen molar-refractivity contribution in [3.63, 3.8) is 0 Å². The van der Waals surface area contributed by atoms with Crippen molar-refractivity contribution in [2.75, 3.05) is 25.6 Å². The largest absolute Gasteiger partial charge is 0.384 e. The molecular formula is C23H33Cl2FN6O3. The highest BCUT2D eigenvalue weighted by molar-refractivity contribution is 6.25. The van der Waals surface area contributed by atoms with Gasteiger partial charge >= 0.3 is 0 Å². The lowest BCUT2D eigenvalue weighted by molar-refractivity contribution is -0.115. The summed E-state index contributed by atoms with van der Waals surface area (Å²) in [6, 6.07) is 3.74. The number of hydrogen-bond acceptors (Lipinski definition) is 7. The zero-order chi connectivity index (χ0) is 24.0. The van der Waals surface area contributed by atoms with Crippen molar-refractivity contribution in [1.82, 2.24) is 20.6 Å². The molecule has 1 saturated carbocycles. The van der Waals surface area contributed by atoms with Crippen molar-refractivity contribution in [1.29, 1.82) is 5.41 Å². The summed E-state index contributed by atoms with van der Waals surface area (Å²) in [7, 11) is 1.61. The molecule has 2 amide bonds. The second-order valence-corrected chi connectivity index (χ2v) is 9.13. The third-order valence-corrected chi connectivity index (χ3v) is 5.67. The van der Waals surface area contributed by atoms with Crippen LogP contribution in [-0.2, 0) is 9.53 Å². The monoisotopic (exact) mass is 530 g/mol. The smallest absolute Gasteiger partial charge is 0.289 e. The van der Waals surface area contributed by atoms with Gasteiger partial charge in [-0.15, -0.1) is 24.8 Å². The highest BCUT2D eigenvalue weighted by Gasteiger charge is 2.28. The average molecular weight is 531 g/mol. The highest BCUT2D eigenvalue weighted by Crippen LogP contribution is 2.27. The van der Waals surface area contributed by atoms with Gasteiger partial charge in [0.15, 0.2) is 0 Å². The Morgan fingerprint density at radius 1 is 1.20 bits per heavy atom. The predicted octanol–water partition coefficient (Wildman–Crippen LogP) is 3.50. The van der Waals surface area contributed by atoms with Gasteiger partial charge in [-0.3, -0.25) is 9.59 Å². The van der Waals surface area contributed by atoms with Crippen LogP contribution in [0.2, 0.25) is 0 Å². The molecule has 1 aromatic carbocycles. The predicted molar refractivity (Wildman–Crippen MR) is 139 cm³/mol. The van der Waals surface area contributed by atoms with Crippen molar-refractivity contribution < 1.29 is 18.7 Å². The SMILES string of the molecule is COCC(C)(C)CNC(=O)c1nc(N[C@H]2CCCC[C@H]2NC(=O)C=N)c2cc(F)ccc2n1.Cl.Cl. The van der Waals surface area contributed by atoms with E-state index in [0.29, 0.717) is 29.9 Å². The molecule has 3 rings (SSSR count). The summed E-state index contributed by atoms with van der Waals surface area (Å²) in [4.78, 5) is 33.4. The van der Waals surface area contributed by atoms with E-state index in [0.717, 1.165) is 31.9 Å². The fourth-order valence-electron chi connectivity index (χ4n) is 4.03. The number of benzene rings is 1. The lowest BCUT2D eigenvalue weighted by Gasteiger charge is -2.33. The van der Waals surface area contributed by atoms with Crippen molar-refractivity contribution in [2.45, 2.75) is 51.6 Å². The van der Waals surface area contributed by atoms with E-state index in [9.17, 15) is 14.0 Å². The van der Waals surface area contributed by atoms with Gasteiger partial charge in [-0.25, -0.2) is 14.4 Å². The molecule has 2 atom stereocenters. The maximum Gasteiger partial charge on any atom is 0.289 e. The molecular weight excluding hydrogens is 498 g/mol. The van der Waals surface area contributed by atoms with Crippen LogP contribution in [0.25, 0.3) is 10.9 Å². The zero-order valence-electron chi connectivity index (χ0n) is 20.0. The van der Waals surface area contributed by atoms with E-state index in [1.807, 2.05) is 13.8 Å². The van der Waals surface area contributed by atoms with Crippen LogP contribution in [0.1, 0.15) is 50.1 Å². The molecule has 35 heavy (non-hydrogen) atoms. The van der Waals surface area contributed by atoms with E-state index in [1.165, 1.54) is 18.2 Å². The fraction of sp³-hybridized carbons (Fsp3) is 0.522. The third kappa shape index (κ3) is 8.26. The van der Waals surface area contributed by atoms with Gasteiger partial charge < -0.3 is 26.1 Å². The number of hydrogen-bond donors (Lipinski definition) is 4. The average Bonchev–Trinajstić information content (AvgIpc) is 2.78. The summed E-state index contributed by atoms with van der Waals surface area (Å²) in [6.07, 6.45) is 4.15. The van der Waals surface area contributed by atoms with Crippen molar-refractivity contribution in [3.05, 3.63) is 29.8 Å². The van der Waals surface area contributed by atoms with Gasteiger partial charge in [0.1, 0.15) is 11.6 Å². The van der Waals surface area contributed by atoms with E-state index in [1.54, 1.807) is 7.11 Å². The Bertz CT molecular complexity index is 1040. The van der Waals surface area contributed by atoms with Gasteiger partial charge in [0, 0.05) is 36.5 Å². The normalized spacial score (nSPS) is 17.5. The Labute approximate surface area is 216 Å². The topological polar surface area (TPSA) is 129 Å². The molecule has 4 N–H and O–H groups in total. The minimum absolute atomic E-state index is 0. The van der Waals surface area contributed by atoms with Gasteiger partial charge in [0.2, 0.25) is 5.82 Å². The van der Waals surface area contributed by atoms with E-state index in [4.69, 9.17) is 10.1 Å². The van der Waals surface area contributed by atoms with Crippen LogP contribution >= 0.6 is 24.8 Å². The van der Waals surface area contributed by atoms with Gasteiger partial charge in [-0.05, 0) is 31.0 Å². The van der Waals surface area contributed by atoms with Crippen LogP contribution in [0, 0.1) is 16.6 Å². The number of carbonyl (C=O) groups excluding carboxylic acids is 2. The number of ether oxygens (including phenoxy) is 1. The molecule has 9 nitrogen and oxygen atoms in total. The molecule has 1 fully saturated rings. The lowest BCUT2D eigenvalue weighted by Crippen LogP contribution is -2.49. The van der Waals surface area contributed by atoms with E-state index < -0.39 is 17.6 Å². The molecule has 0 spiro atoms. The number of anilines is 1. The molecule has 0 radical (unpaired) electrons. The third-order valence-electron chi connectivity index (χ3n) is 5.67. The molecule has 194 valence electrons.